The van der Waals surface area contributed by atoms with Crippen molar-refractivity contribution in [3.05, 3.63) is 45.6 Å². The van der Waals surface area contributed by atoms with Gasteiger partial charge in [0.05, 0.1) is 27.7 Å². The summed E-state index contributed by atoms with van der Waals surface area (Å²) in [7, 11) is 1.63. The molecule has 2 heterocycles. The molecule has 126 valence electrons. The smallest absolute Gasteiger partial charge is 0.229 e. The number of rotatable bonds is 7. The molecule has 0 aliphatic carbocycles. The number of thiazole rings is 1. The molecule has 0 saturated carbocycles. The van der Waals surface area contributed by atoms with E-state index in [-0.39, 0.29) is 5.91 Å². The van der Waals surface area contributed by atoms with Crippen LogP contribution >= 0.6 is 34.3 Å². The van der Waals surface area contributed by atoms with E-state index in [4.69, 9.17) is 16.3 Å². The minimum atomic E-state index is 0.0515. The third kappa shape index (κ3) is 4.13. The number of halogens is 1. The number of methoxy groups -OCH3 is 1. The van der Waals surface area contributed by atoms with E-state index in [1.54, 1.807) is 12.0 Å². The van der Waals surface area contributed by atoms with Crippen LogP contribution in [0.1, 0.15) is 11.3 Å². The number of thiophene rings is 1. The highest BCUT2D eigenvalue weighted by Gasteiger charge is 2.19. The summed E-state index contributed by atoms with van der Waals surface area (Å²) in [6.07, 6.45) is 1.11. The molecule has 24 heavy (non-hydrogen) atoms. The van der Waals surface area contributed by atoms with E-state index < -0.39 is 0 Å². The minimum absolute atomic E-state index is 0.0515. The monoisotopic (exact) mass is 380 g/mol. The predicted octanol–water partition coefficient (Wildman–Crippen LogP) is 4.62. The van der Waals surface area contributed by atoms with Gasteiger partial charge in [-0.1, -0.05) is 35.1 Å². The number of hydrogen-bond donors (Lipinski definition) is 0. The van der Waals surface area contributed by atoms with Gasteiger partial charge in [-0.15, -0.1) is 11.3 Å². The summed E-state index contributed by atoms with van der Waals surface area (Å²) in [6, 6.07) is 11.7. The lowest BCUT2D eigenvalue weighted by atomic mass is 10.2. The molecule has 0 N–H and O–H groups in total. The number of hydrogen-bond acceptors (Lipinski definition) is 5. The van der Waals surface area contributed by atoms with Crippen molar-refractivity contribution in [2.24, 2.45) is 0 Å². The third-order valence-electron chi connectivity index (χ3n) is 3.55. The van der Waals surface area contributed by atoms with Gasteiger partial charge in [-0.2, -0.15) is 0 Å². The first kappa shape index (κ1) is 17.4. The van der Waals surface area contributed by atoms with Gasteiger partial charge in [0.25, 0.3) is 0 Å². The zero-order chi connectivity index (χ0) is 16.9. The van der Waals surface area contributed by atoms with E-state index in [1.165, 1.54) is 22.7 Å². The molecule has 3 aromatic rings. The number of fused-ring (bicyclic) bond motifs is 1. The Labute approximate surface area is 153 Å². The summed E-state index contributed by atoms with van der Waals surface area (Å²) in [5, 5.41) is 0.725. The number of aryl methyl sites for hydroxylation is 1. The Bertz CT molecular complexity index is 798. The van der Waals surface area contributed by atoms with Crippen LogP contribution in [0.2, 0.25) is 4.34 Å². The maximum absolute atomic E-state index is 12.7. The Hall–Kier alpha value is -1.47. The molecule has 0 atom stereocenters. The fourth-order valence-electron chi connectivity index (χ4n) is 2.34. The maximum Gasteiger partial charge on any atom is 0.229 e. The summed E-state index contributed by atoms with van der Waals surface area (Å²) >= 11 is 8.99. The second-order valence-electron chi connectivity index (χ2n) is 5.21. The van der Waals surface area contributed by atoms with Crippen LogP contribution in [0, 0.1) is 0 Å². The molecule has 0 aliphatic rings. The highest BCUT2D eigenvalue weighted by Crippen LogP contribution is 2.29. The molecule has 1 aromatic carbocycles. The van der Waals surface area contributed by atoms with Crippen LogP contribution in [0.4, 0.5) is 5.13 Å². The Kier molecular flexibility index (Phi) is 5.84. The van der Waals surface area contributed by atoms with E-state index in [0.717, 1.165) is 24.6 Å². The van der Waals surface area contributed by atoms with Gasteiger partial charge in [-0.3, -0.25) is 9.69 Å². The predicted molar refractivity (Wildman–Crippen MR) is 101 cm³/mol. The first-order valence-corrected chi connectivity index (χ1v) is 9.57. The summed E-state index contributed by atoms with van der Waals surface area (Å²) in [5.74, 6) is 0.0515. The number of para-hydroxylation sites is 1. The molecule has 0 saturated heterocycles. The van der Waals surface area contributed by atoms with Gasteiger partial charge in [0.1, 0.15) is 0 Å². The van der Waals surface area contributed by atoms with Crippen molar-refractivity contribution in [2.45, 2.75) is 12.8 Å². The van der Waals surface area contributed by atoms with Crippen molar-refractivity contribution in [1.29, 1.82) is 0 Å². The van der Waals surface area contributed by atoms with Crippen molar-refractivity contribution in [3.8, 4) is 0 Å². The van der Waals surface area contributed by atoms with Crippen molar-refractivity contribution >= 4 is 55.5 Å². The number of amides is 1. The minimum Gasteiger partial charge on any atom is -0.383 e. The molecule has 1 amide bonds. The van der Waals surface area contributed by atoms with E-state index in [9.17, 15) is 4.79 Å². The molecule has 3 rings (SSSR count). The molecule has 0 spiro atoms. The Morgan fingerprint density at radius 1 is 1.25 bits per heavy atom. The van der Waals surface area contributed by atoms with Crippen LogP contribution < -0.4 is 4.90 Å². The van der Waals surface area contributed by atoms with Gasteiger partial charge in [0.15, 0.2) is 5.13 Å². The average molecular weight is 381 g/mol. The van der Waals surface area contributed by atoms with Gasteiger partial charge < -0.3 is 4.74 Å². The normalized spacial score (nSPS) is 11.1. The number of anilines is 1. The maximum atomic E-state index is 12.7. The van der Waals surface area contributed by atoms with Crippen LogP contribution in [-0.4, -0.2) is 31.2 Å². The molecule has 0 unspecified atom stereocenters. The number of benzene rings is 1. The molecule has 2 aromatic heterocycles. The first-order valence-electron chi connectivity index (χ1n) is 7.56. The lowest BCUT2D eigenvalue weighted by Gasteiger charge is -2.19. The fraction of sp³-hybridized carbons (Fsp3) is 0.294. The van der Waals surface area contributed by atoms with Gasteiger partial charge >= 0.3 is 0 Å². The quantitative estimate of drug-likeness (QED) is 0.600. The summed E-state index contributed by atoms with van der Waals surface area (Å²) in [4.78, 5) is 20.2. The lowest BCUT2D eigenvalue weighted by molar-refractivity contribution is -0.118. The summed E-state index contributed by atoms with van der Waals surface area (Å²) in [6.45, 7) is 0.979. The first-order chi connectivity index (χ1) is 11.7. The van der Waals surface area contributed by atoms with E-state index in [1.807, 2.05) is 36.4 Å². The molecule has 0 bridgehead atoms. The second-order valence-corrected chi connectivity index (χ2v) is 8.02. The fourth-order valence-corrected chi connectivity index (χ4v) is 4.43. The third-order valence-corrected chi connectivity index (χ3v) is 5.90. The van der Waals surface area contributed by atoms with E-state index in [2.05, 4.69) is 4.98 Å². The lowest BCUT2D eigenvalue weighted by Crippen LogP contribution is -2.34. The van der Waals surface area contributed by atoms with Crippen LogP contribution in [0.25, 0.3) is 10.2 Å². The van der Waals surface area contributed by atoms with Gasteiger partial charge in [0, 0.05) is 18.4 Å². The van der Waals surface area contributed by atoms with Crippen molar-refractivity contribution in [3.63, 3.8) is 0 Å². The topological polar surface area (TPSA) is 42.4 Å². The summed E-state index contributed by atoms with van der Waals surface area (Å²) < 4.78 is 6.98. The highest BCUT2D eigenvalue weighted by molar-refractivity contribution is 7.22. The Morgan fingerprint density at radius 2 is 2.08 bits per heavy atom. The van der Waals surface area contributed by atoms with Gasteiger partial charge in [0.2, 0.25) is 5.91 Å². The number of nitrogens with zero attached hydrogens (tertiary/aromatic N) is 2. The molecule has 0 aliphatic heterocycles. The number of carbonyl (C=O) groups excluding carboxylic acids is 1. The van der Waals surface area contributed by atoms with Crippen LogP contribution in [0.5, 0.6) is 0 Å². The van der Waals surface area contributed by atoms with Crippen molar-refractivity contribution in [1.82, 2.24) is 4.98 Å². The standard InChI is InChI=1S/C17H17ClN2O2S2/c1-22-11-10-20(16(21)9-7-12-6-8-15(18)23-12)17-19-13-4-2-3-5-14(13)24-17/h2-6,8H,7,9-11H2,1H3. The SMILES string of the molecule is COCCN(C(=O)CCc1ccc(Cl)s1)c1nc2ccccc2s1. The Balaban J connectivity index is 1.75. The molecule has 0 fully saturated rings. The summed E-state index contributed by atoms with van der Waals surface area (Å²) in [5.41, 5.74) is 0.915. The highest BCUT2D eigenvalue weighted by atomic mass is 35.5. The number of carbonyl (C=O) groups is 1. The largest absolute Gasteiger partial charge is 0.383 e. The molecular weight excluding hydrogens is 364 g/mol. The zero-order valence-corrected chi connectivity index (χ0v) is 15.6. The zero-order valence-electron chi connectivity index (χ0n) is 13.2. The van der Waals surface area contributed by atoms with Crippen molar-refractivity contribution < 1.29 is 9.53 Å². The second kappa shape index (κ2) is 8.07. The number of ether oxygens (including phenoxy) is 1. The van der Waals surface area contributed by atoms with Gasteiger partial charge in [-0.25, -0.2) is 4.98 Å². The molecule has 7 heteroatoms. The van der Waals surface area contributed by atoms with Crippen molar-refractivity contribution in [2.75, 3.05) is 25.2 Å². The average Bonchev–Trinajstić information content (AvgIpc) is 3.19. The van der Waals surface area contributed by atoms with Crippen LogP contribution in [0.3, 0.4) is 0 Å². The van der Waals surface area contributed by atoms with E-state index in [0.29, 0.717) is 26.0 Å². The van der Waals surface area contributed by atoms with Crippen LogP contribution in [-0.2, 0) is 16.0 Å². The van der Waals surface area contributed by atoms with E-state index >= 15 is 0 Å². The molecular formula is C17H17ClN2O2S2. The molecule has 0 radical (unpaired) electrons. The van der Waals surface area contributed by atoms with Crippen LogP contribution in [0.15, 0.2) is 36.4 Å². The number of aromatic nitrogens is 1. The Morgan fingerprint density at radius 3 is 2.79 bits per heavy atom. The molecule has 4 nitrogen and oxygen atoms in total. The van der Waals surface area contributed by atoms with Gasteiger partial charge in [-0.05, 0) is 30.7 Å².